The fourth-order valence-corrected chi connectivity index (χ4v) is 2.75. The molecular weight excluding hydrogens is 260 g/mol. The number of nitrogens with zero attached hydrogens (tertiary/aromatic N) is 3. The van der Waals surface area contributed by atoms with Gasteiger partial charge in [-0.05, 0) is 31.0 Å². The molecule has 0 saturated carbocycles. The van der Waals surface area contributed by atoms with Crippen LogP contribution in [0.4, 0.5) is 0 Å². The maximum absolute atomic E-state index is 4.05. The third kappa shape index (κ3) is 3.34. The largest absolute Gasteiger partial charge is 0.350 e. The van der Waals surface area contributed by atoms with E-state index in [0.717, 1.165) is 19.6 Å². The van der Waals surface area contributed by atoms with Gasteiger partial charge >= 0.3 is 0 Å². The summed E-state index contributed by atoms with van der Waals surface area (Å²) in [6.07, 6.45) is 10.3. The summed E-state index contributed by atoms with van der Waals surface area (Å²) in [5.41, 5.74) is 2.68. The highest BCUT2D eigenvalue weighted by molar-refractivity contribution is 5.83. The minimum Gasteiger partial charge on any atom is -0.350 e. The summed E-state index contributed by atoms with van der Waals surface area (Å²) in [4.78, 5) is 4.05. The zero-order chi connectivity index (χ0) is 14.5. The Labute approximate surface area is 125 Å². The number of fused-ring (bicyclic) bond motifs is 1. The van der Waals surface area contributed by atoms with Crippen LogP contribution in [0, 0.1) is 0 Å². The van der Waals surface area contributed by atoms with Crippen LogP contribution in [-0.4, -0.2) is 20.7 Å². The van der Waals surface area contributed by atoms with Gasteiger partial charge in [0, 0.05) is 49.6 Å². The van der Waals surface area contributed by atoms with Crippen molar-refractivity contribution in [3.63, 3.8) is 0 Å². The first-order valence-electron chi connectivity index (χ1n) is 7.54. The highest BCUT2D eigenvalue weighted by atomic mass is 15.0. The molecule has 4 nitrogen and oxygen atoms in total. The molecule has 21 heavy (non-hydrogen) atoms. The van der Waals surface area contributed by atoms with Gasteiger partial charge in [0.15, 0.2) is 0 Å². The van der Waals surface area contributed by atoms with E-state index < -0.39 is 0 Å². The summed E-state index contributed by atoms with van der Waals surface area (Å²) < 4.78 is 4.33. The van der Waals surface area contributed by atoms with Crippen LogP contribution in [0.3, 0.4) is 0 Å². The van der Waals surface area contributed by atoms with Gasteiger partial charge in [0.25, 0.3) is 0 Å². The van der Waals surface area contributed by atoms with Crippen LogP contribution in [-0.2, 0) is 20.1 Å². The molecule has 1 N–H and O–H groups in total. The zero-order valence-electron chi connectivity index (χ0n) is 12.5. The zero-order valence-corrected chi connectivity index (χ0v) is 12.5. The summed E-state index contributed by atoms with van der Waals surface area (Å²) in [5, 5.41) is 4.90. The van der Waals surface area contributed by atoms with E-state index in [4.69, 9.17) is 0 Å². The van der Waals surface area contributed by atoms with Crippen LogP contribution >= 0.6 is 0 Å². The number of hydrogen-bond acceptors (Lipinski definition) is 2. The number of benzene rings is 1. The van der Waals surface area contributed by atoms with Crippen molar-refractivity contribution in [2.24, 2.45) is 7.05 Å². The Hall–Kier alpha value is -2.07. The van der Waals surface area contributed by atoms with Crippen LogP contribution in [0.15, 0.2) is 49.2 Å². The molecule has 0 saturated heterocycles. The topological polar surface area (TPSA) is 34.8 Å². The van der Waals surface area contributed by atoms with Gasteiger partial charge in [-0.15, -0.1) is 0 Å². The lowest BCUT2D eigenvalue weighted by atomic mass is 10.2. The number of aryl methyl sites for hydroxylation is 2. The number of unbranched alkanes of at least 4 members (excludes halogenated alkanes) is 1. The molecule has 3 rings (SSSR count). The number of para-hydroxylation sites is 1. The van der Waals surface area contributed by atoms with E-state index in [9.17, 15) is 0 Å². The molecule has 2 heterocycles. The van der Waals surface area contributed by atoms with E-state index >= 15 is 0 Å². The van der Waals surface area contributed by atoms with Gasteiger partial charge in [-0.2, -0.15) is 0 Å². The summed E-state index contributed by atoms with van der Waals surface area (Å²) in [6, 6.07) is 8.57. The van der Waals surface area contributed by atoms with E-state index in [-0.39, 0.29) is 0 Å². The standard InChI is InChI=1S/C17H22N4/c1-20-13-15(16-6-2-3-7-17(16)20)12-18-8-4-5-10-21-11-9-19-14-21/h2-3,6-7,9,11,13-14,18H,4-5,8,10,12H2,1H3. The number of aromatic nitrogens is 3. The van der Waals surface area contributed by atoms with Gasteiger partial charge in [-0.3, -0.25) is 0 Å². The molecule has 0 radical (unpaired) electrons. The van der Waals surface area contributed by atoms with Crippen LogP contribution in [0.2, 0.25) is 0 Å². The lowest BCUT2D eigenvalue weighted by Crippen LogP contribution is -2.15. The third-order valence-electron chi connectivity index (χ3n) is 3.87. The molecule has 0 aliphatic rings. The smallest absolute Gasteiger partial charge is 0.0945 e. The van der Waals surface area contributed by atoms with Crippen molar-refractivity contribution in [1.82, 2.24) is 19.4 Å². The van der Waals surface area contributed by atoms with Gasteiger partial charge in [0.1, 0.15) is 0 Å². The average molecular weight is 282 g/mol. The van der Waals surface area contributed by atoms with Crippen molar-refractivity contribution < 1.29 is 0 Å². The van der Waals surface area contributed by atoms with Crippen LogP contribution in [0.25, 0.3) is 10.9 Å². The monoisotopic (exact) mass is 282 g/mol. The van der Waals surface area contributed by atoms with Crippen LogP contribution in [0.5, 0.6) is 0 Å². The molecule has 0 aliphatic carbocycles. The molecule has 1 aromatic carbocycles. The van der Waals surface area contributed by atoms with Crippen molar-refractivity contribution in [3.8, 4) is 0 Å². The molecule has 0 aliphatic heterocycles. The first-order valence-corrected chi connectivity index (χ1v) is 7.54. The predicted octanol–water partition coefficient (Wildman–Crippen LogP) is 2.94. The molecule has 2 aromatic heterocycles. The summed E-state index contributed by atoms with van der Waals surface area (Å²) in [6.45, 7) is 3.04. The quantitative estimate of drug-likeness (QED) is 0.676. The third-order valence-corrected chi connectivity index (χ3v) is 3.87. The van der Waals surface area contributed by atoms with E-state index in [1.165, 1.54) is 29.3 Å². The molecule has 110 valence electrons. The van der Waals surface area contributed by atoms with Crippen molar-refractivity contribution in [2.45, 2.75) is 25.9 Å². The fourth-order valence-electron chi connectivity index (χ4n) is 2.75. The molecule has 0 spiro atoms. The Morgan fingerprint density at radius 3 is 2.95 bits per heavy atom. The van der Waals surface area contributed by atoms with Crippen molar-refractivity contribution in [3.05, 3.63) is 54.7 Å². The lowest BCUT2D eigenvalue weighted by Gasteiger charge is -2.05. The predicted molar refractivity (Wildman–Crippen MR) is 86.1 cm³/mol. The Balaban J connectivity index is 1.44. The van der Waals surface area contributed by atoms with Gasteiger partial charge in [-0.1, -0.05) is 18.2 Å². The minimum absolute atomic E-state index is 0.937. The molecule has 0 atom stereocenters. The van der Waals surface area contributed by atoms with Crippen LogP contribution < -0.4 is 5.32 Å². The highest BCUT2D eigenvalue weighted by Gasteiger charge is 2.04. The number of imidazole rings is 1. The first kappa shape index (κ1) is 13.9. The molecule has 4 heteroatoms. The molecule has 0 unspecified atom stereocenters. The summed E-state index contributed by atoms with van der Waals surface area (Å²) >= 11 is 0. The van der Waals surface area contributed by atoms with Crippen molar-refractivity contribution >= 4 is 10.9 Å². The average Bonchev–Trinajstić information content (AvgIpc) is 3.12. The first-order chi connectivity index (χ1) is 10.3. The number of nitrogens with one attached hydrogen (secondary N) is 1. The number of rotatable bonds is 7. The van der Waals surface area contributed by atoms with E-state index in [1.54, 1.807) is 0 Å². The maximum atomic E-state index is 4.05. The molecular formula is C17H22N4. The number of hydrogen-bond donors (Lipinski definition) is 1. The SMILES string of the molecule is Cn1cc(CNCCCCn2ccnc2)c2ccccc21. The van der Waals surface area contributed by atoms with Gasteiger partial charge in [0.2, 0.25) is 0 Å². The second-order valence-corrected chi connectivity index (χ2v) is 5.47. The van der Waals surface area contributed by atoms with E-state index in [2.05, 4.69) is 56.9 Å². The minimum atomic E-state index is 0.937. The second kappa shape index (κ2) is 6.59. The normalized spacial score (nSPS) is 11.3. The molecule has 0 bridgehead atoms. The molecule has 0 fully saturated rings. The highest BCUT2D eigenvalue weighted by Crippen LogP contribution is 2.19. The van der Waals surface area contributed by atoms with E-state index in [1.807, 2.05) is 18.7 Å². The Morgan fingerprint density at radius 1 is 1.19 bits per heavy atom. The van der Waals surface area contributed by atoms with E-state index in [0.29, 0.717) is 0 Å². The van der Waals surface area contributed by atoms with Gasteiger partial charge in [-0.25, -0.2) is 4.98 Å². The summed E-state index contributed by atoms with van der Waals surface area (Å²) in [7, 11) is 2.11. The van der Waals surface area contributed by atoms with Crippen LogP contribution in [0.1, 0.15) is 18.4 Å². The van der Waals surface area contributed by atoms with Gasteiger partial charge < -0.3 is 14.5 Å². The fraction of sp³-hybridized carbons (Fsp3) is 0.353. The Morgan fingerprint density at radius 2 is 2.10 bits per heavy atom. The van der Waals surface area contributed by atoms with Crippen molar-refractivity contribution in [2.75, 3.05) is 6.54 Å². The Kier molecular flexibility index (Phi) is 4.36. The lowest BCUT2D eigenvalue weighted by molar-refractivity contribution is 0.568. The second-order valence-electron chi connectivity index (χ2n) is 5.47. The summed E-state index contributed by atoms with van der Waals surface area (Å²) in [5.74, 6) is 0. The molecule has 0 amide bonds. The van der Waals surface area contributed by atoms with Gasteiger partial charge in [0.05, 0.1) is 6.33 Å². The maximum Gasteiger partial charge on any atom is 0.0945 e. The Bertz CT molecular complexity index is 682. The molecule has 3 aromatic rings. The van der Waals surface area contributed by atoms with Crippen molar-refractivity contribution in [1.29, 1.82) is 0 Å².